The summed E-state index contributed by atoms with van der Waals surface area (Å²) in [6.45, 7) is 6.69. The number of halogens is 1. The van der Waals surface area contributed by atoms with Crippen molar-refractivity contribution < 1.29 is 4.79 Å². The number of carbonyl (C=O) groups excluding carboxylic acids is 1. The molecule has 1 aliphatic rings. The predicted molar refractivity (Wildman–Crippen MR) is 74.5 cm³/mol. The van der Waals surface area contributed by atoms with Gasteiger partial charge < -0.3 is 4.90 Å². The molecule has 1 fully saturated rings. The molecule has 1 saturated heterocycles. The highest BCUT2D eigenvalue weighted by atomic mass is 79.9. The zero-order valence-electron chi connectivity index (χ0n) is 11.0. The SMILES string of the molecule is CN1CCN(C(=O)c2cccc(Br)n2)CC1(C)C. The van der Waals surface area contributed by atoms with Gasteiger partial charge in [-0.3, -0.25) is 9.69 Å². The average molecular weight is 312 g/mol. The van der Waals surface area contributed by atoms with E-state index in [1.54, 1.807) is 6.07 Å². The third-order valence-corrected chi connectivity index (χ3v) is 3.98. The van der Waals surface area contributed by atoms with Crippen molar-refractivity contribution in [2.45, 2.75) is 19.4 Å². The molecular weight excluding hydrogens is 294 g/mol. The van der Waals surface area contributed by atoms with Gasteiger partial charge in [0.2, 0.25) is 0 Å². The highest BCUT2D eigenvalue weighted by molar-refractivity contribution is 9.10. The molecule has 0 aliphatic carbocycles. The van der Waals surface area contributed by atoms with E-state index < -0.39 is 0 Å². The van der Waals surface area contributed by atoms with Gasteiger partial charge in [-0.15, -0.1) is 0 Å². The normalized spacial score (nSPS) is 19.9. The molecule has 98 valence electrons. The van der Waals surface area contributed by atoms with Crippen molar-refractivity contribution in [3.05, 3.63) is 28.5 Å². The molecule has 0 atom stereocenters. The lowest BCUT2D eigenvalue weighted by Crippen LogP contribution is -2.58. The molecule has 2 rings (SSSR count). The first-order valence-corrected chi connectivity index (χ1v) is 6.82. The van der Waals surface area contributed by atoms with Gasteiger partial charge in [-0.2, -0.15) is 0 Å². The van der Waals surface area contributed by atoms with Crippen LogP contribution in [0.4, 0.5) is 0 Å². The number of likely N-dealkylation sites (N-methyl/N-ethyl adjacent to an activating group) is 1. The number of amides is 1. The van der Waals surface area contributed by atoms with E-state index in [4.69, 9.17) is 0 Å². The fourth-order valence-corrected chi connectivity index (χ4v) is 2.45. The van der Waals surface area contributed by atoms with Crippen LogP contribution in [0.2, 0.25) is 0 Å². The van der Waals surface area contributed by atoms with Crippen molar-refractivity contribution >= 4 is 21.8 Å². The lowest BCUT2D eigenvalue weighted by molar-refractivity contribution is 0.0307. The molecule has 0 N–H and O–H groups in total. The molecule has 4 nitrogen and oxygen atoms in total. The lowest BCUT2D eigenvalue weighted by Gasteiger charge is -2.45. The summed E-state index contributed by atoms with van der Waals surface area (Å²) in [7, 11) is 2.10. The number of hydrogen-bond acceptors (Lipinski definition) is 3. The molecule has 0 spiro atoms. The Morgan fingerprint density at radius 3 is 2.72 bits per heavy atom. The molecule has 1 aromatic heterocycles. The van der Waals surface area contributed by atoms with Crippen LogP contribution in [0.5, 0.6) is 0 Å². The fourth-order valence-electron chi connectivity index (χ4n) is 2.10. The smallest absolute Gasteiger partial charge is 0.272 e. The number of aromatic nitrogens is 1. The maximum atomic E-state index is 12.4. The Morgan fingerprint density at radius 1 is 1.39 bits per heavy atom. The number of rotatable bonds is 1. The Balaban J connectivity index is 2.15. The Kier molecular flexibility index (Phi) is 3.73. The topological polar surface area (TPSA) is 36.4 Å². The van der Waals surface area contributed by atoms with Crippen molar-refractivity contribution in [3.8, 4) is 0 Å². The number of carbonyl (C=O) groups is 1. The summed E-state index contributed by atoms with van der Waals surface area (Å²) < 4.78 is 0.696. The molecule has 1 aromatic rings. The summed E-state index contributed by atoms with van der Waals surface area (Å²) >= 11 is 3.30. The Labute approximate surface area is 116 Å². The molecule has 0 bridgehead atoms. The summed E-state index contributed by atoms with van der Waals surface area (Å²) in [4.78, 5) is 20.8. The number of piperazine rings is 1. The number of pyridine rings is 1. The van der Waals surface area contributed by atoms with E-state index in [1.165, 1.54) is 0 Å². The zero-order valence-corrected chi connectivity index (χ0v) is 12.6. The van der Waals surface area contributed by atoms with E-state index in [-0.39, 0.29) is 11.4 Å². The Hall–Kier alpha value is -0.940. The van der Waals surface area contributed by atoms with Crippen LogP contribution < -0.4 is 0 Å². The first kappa shape index (κ1) is 13.5. The van der Waals surface area contributed by atoms with Crippen molar-refractivity contribution in [2.24, 2.45) is 0 Å². The van der Waals surface area contributed by atoms with Gasteiger partial charge in [0.05, 0.1) is 0 Å². The van der Waals surface area contributed by atoms with Crippen LogP contribution in [0.3, 0.4) is 0 Å². The summed E-state index contributed by atoms with van der Waals surface area (Å²) in [5, 5.41) is 0. The van der Waals surface area contributed by atoms with Gasteiger partial charge in [0.1, 0.15) is 10.3 Å². The zero-order chi connectivity index (χ0) is 13.3. The van der Waals surface area contributed by atoms with Crippen molar-refractivity contribution in [1.29, 1.82) is 0 Å². The maximum absolute atomic E-state index is 12.4. The standard InChI is InChI=1S/C13H18BrN3O/c1-13(2)9-17(8-7-16(13)3)12(18)10-5-4-6-11(14)15-10/h4-6H,7-9H2,1-3H3. The molecule has 0 unspecified atom stereocenters. The summed E-state index contributed by atoms with van der Waals surface area (Å²) in [6, 6.07) is 5.43. The van der Waals surface area contributed by atoms with Crippen molar-refractivity contribution in [3.63, 3.8) is 0 Å². The van der Waals surface area contributed by atoms with Gasteiger partial charge in [0.25, 0.3) is 5.91 Å². The van der Waals surface area contributed by atoms with Crippen LogP contribution >= 0.6 is 15.9 Å². The first-order chi connectivity index (χ1) is 8.40. The summed E-state index contributed by atoms with van der Waals surface area (Å²) in [6.07, 6.45) is 0. The van der Waals surface area contributed by atoms with E-state index in [9.17, 15) is 4.79 Å². The molecule has 0 aromatic carbocycles. The van der Waals surface area contributed by atoms with Crippen LogP contribution in [0.15, 0.2) is 22.8 Å². The van der Waals surface area contributed by atoms with Gasteiger partial charge in [0.15, 0.2) is 0 Å². The lowest BCUT2D eigenvalue weighted by atomic mass is 9.99. The molecule has 1 amide bonds. The highest BCUT2D eigenvalue weighted by Crippen LogP contribution is 2.20. The molecular formula is C13H18BrN3O. The van der Waals surface area contributed by atoms with Crippen LogP contribution in [0, 0.1) is 0 Å². The van der Waals surface area contributed by atoms with E-state index in [0.717, 1.165) is 19.6 Å². The van der Waals surface area contributed by atoms with Crippen LogP contribution in [0.25, 0.3) is 0 Å². The van der Waals surface area contributed by atoms with Gasteiger partial charge in [0, 0.05) is 25.2 Å². The van der Waals surface area contributed by atoms with Gasteiger partial charge in [-0.25, -0.2) is 4.98 Å². The first-order valence-electron chi connectivity index (χ1n) is 6.03. The second-order valence-electron chi connectivity index (χ2n) is 5.31. The largest absolute Gasteiger partial charge is 0.334 e. The molecule has 1 aliphatic heterocycles. The minimum Gasteiger partial charge on any atom is -0.334 e. The Bertz CT molecular complexity index is 461. The van der Waals surface area contributed by atoms with Crippen molar-refractivity contribution in [2.75, 3.05) is 26.7 Å². The van der Waals surface area contributed by atoms with Crippen LogP contribution in [-0.2, 0) is 0 Å². The van der Waals surface area contributed by atoms with Crippen LogP contribution in [-0.4, -0.2) is 52.9 Å². The second-order valence-corrected chi connectivity index (χ2v) is 6.12. The molecule has 5 heteroatoms. The highest BCUT2D eigenvalue weighted by Gasteiger charge is 2.33. The number of nitrogens with zero attached hydrogens (tertiary/aromatic N) is 3. The minimum absolute atomic E-state index is 0.0116. The molecule has 18 heavy (non-hydrogen) atoms. The van der Waals surface area contributed by atoms with E-state index >= 15 is 0 Å². The van der Waals surface area contributed by atoms with Crippen LogP contribution in [0.1, 0.15) is 24.3 Å². The minimum atomic E-state index is 0.0116. The van der Waals surface area contributed by atoms with E-state index in [1.807, 2.05) is 17.0 Å². The second kappa shape index (κ2) is 4.97. The summed E-state index contributed by atoms with van der Waals surface area (Å²) in [5.74, 6) is 0.0116. The van der Waals surface area contributed by atoms with Gasteiger partial charge in [-0.1, -0.05) is 6.07 Å². The predicted octanol–water partition coefficient (Wildman–Crippen LogP) is 2.01. The summed E-state index contributed by atoms with van der Waals surface area (Å²) in [5.41, 5.74) is 0.518. The average Bonchev–Trinajstić information content (AvgIpc) is 2.31. The molecule has 2 heterocycles. The Morgan fingerprint density at radius 2 is 2.11 bits per heavy atom. The quantitative estimate of drug-likeness (QED) is 0.744. The van der Waals surface area contributed by atoms with E-state index in [2.05, 4.69) is 46.7 Å². The maximum Gasteiger partial charge on any atom is 0.272 e. The van der Waals surface area contributed by atoms with Gasteiger partial charge >= 0.3 is 0 Å². The monoisotopic (exact) mass is 311 g/mol. The number of hydrogen-bond donors (Lipinski definition) is 0. The fraction of sp³-hybridized carbons (Fsp3) is 0.538. The molecule has 0 saturated carbocycles. The third kappa shape index (κ3) is 2.72. The molecule has 0 radical (unpaired) electrons. The third-order valence-electron chi connectivity index (χ3n) is 3.54. The van der Waals surface area contributed by atoms with Gasteiger partial charge in [-0.05, 0) is 49.0 Å². The van der Waals surface area contributed by atoms with E-state index in [0.29, 0.717) is 10.3 Å². The van der Waals surface area contributed by atoms with Crippen molar-refractivity contribution in [1.82, 2.24) is 14.8 Å².